The van der Waals surface area contributed by atoms with Crippen molar-refractivity contribution >= 4 is 23.3 Å². The van der Waals surface area contributed by atoms with E-state index < -0.39 is 0 Å². The summed E-state index contributed by atoms with van der Waals surface area (Å²) in [6.45, 7) is 2.01. The fourth-order valence-electron chi connectivity index (χ4n) is 1.48. The van der Waals surface area contributed by atoms with Crippen LogP contribution < -0.4 is 5.32 Å². The van der Waals surface area contributed by atoms with Crippen molar-refractivity contribution in [3.8, 4) is 0 Å². The molecule has 0 fully saturated rings. The summed E-state index contributed by atoms with van der Waals surface area (Å²) in [4.78, 5) is 19.5. The second kappa shape index (κ2) is 5.60. The van der Waals surface area contributed by atoms with E-state index in [1.54, 1.807) is 0 Å². The van der Waals surface area contributed by atoms with E-state index >= 15 is 0 Å². The Morgan fingerprint density at radius 1 is 1.28 bits per heavy atom. The first-order valence-corrected chi connectivity index (χ1v) is 5.84. The molecule has 18 heavy (non-hydrogen) atoms. The van der Waals surface area contributed by atoms with Crippen LogP contribution in [0.5, 0.6) is 0 Å². The number of nitrogens with zero attached hydrogens (tertiary/aromatic N) is 2. The van der Waals surface area contributed by atoms with Gasteiger partial charge in [-0.3, -0.25) is 9.78 Å². The second-order valence-electron chi connectivity index (χ2n) is 3.94. The fraction of sp³-hybridized carbons (Fsp3) is 0.154. The molecule has 1 heterocycles. The molecule has 2 aromatic rings. The maximum Gasteiger partial charge on any atom is 0.229 e. The highest BCUT2D eigenvalue weighted by atomic mass is 35.5. The topological polar surface area (TPSA) is 54.9 Å². The van der Waals surface area contributed by atoms with Gasteiger partial charge in [0.25, 0.3) is 0 Å². The molecule has 1 aromatic carbocycles. The molecular formula is C13H12ClN3O. The molecule has 5 heteroatoms. The number of anilines is 1. The number of carbonyl (C=O) groups is 1. The van der Waals surface area contributed by atoms with Crippen LogP contribution >= 0.6 is 11.6 Å². The molecule has 0 saturated carbocycles. The van der Waals surface area contributed by atoms with Gasteiger partial charge in [-0.15, -0.1) is 0 Å². The van der Waals surface area contributed by atoms with E-state index in [4.69, 9.17) is 11.6 Å². The lowest BCUT2D eigenvalue weighted by Gasteiger charge is -2.04. The predicted octanol–water partition coefficient (Wildman–Crippen LogP) is 2.62. The highest BCUT2D eigenvalue weighted by molar-refractivity contribution is 6.29. The number of carbonyl (C=O) groups excluding carboxylic acids is 1. The molecular weight excluding hydrogens is 250 g/mol. The molecule has 92 valence electrons. The first-order chi connectivity index (χ1) is 8.63. The molecule has 0 atom stereocenters. The minimum atomic E-state index is -0.143. The lowest BCUT2D eigenvalue weighted by Crippen LogP contribution is -2.15. The smallest absolute Gasteiger partial charge is 0.229 e. The second-order valence-corrected chi connectivity index (χ2v) is 4.32. The molecule has 2 rings (SSSR count). The summed E-state index contributed by atoms with van der Waals surface area (Å²) in [5.41, 5.74) is 2.12. The van der Waals surface area contributed by atoms with E-state index in [0.717, 1.165) is 5.56 Å². The van der Waals surface area contributed by atoms with Crippen molar-refractivity contribution in [2.24, 2.45) is 0 Å². The predicted molar refractivity (Wildman–Crippen MR) is 70.6 cm³/mol. The van der Waals surface area contributed by atoms with Crippen molar-refractivity contribution in [2.75, 3.05) is 5.32 Å². The summed E-state index contributed by atoms with van der Waals surface area (Å²) in [6.07, 6.45) is 3.17. The van der Waals surface area contributed by atoms with Crippen LogP contribution in [-0.4, -0.2) is 15.9 Å². The van der Waals surface area contributed by atoms with Gasteiger partial charge in [-0.1, -0.05) is 41.4 Å². The molecule has 0 bridgehead atoms. The number of hydrogen-bond acceptors (Lipinski definition) is 3. The lowest BCUT2D eigenvalue weighted by molar-refractivity contribution is -0.115. The zero-order valence-corrected chi connectivity index (χ0v) is 10.6. The van der Waals surface area contributed by atoms with E-state index in [2.05, 4.69) is 15.3 Å². The van der Waals surface area contributed by atoms with Gasteiger partial charge in [-0.2, -0.15) is 0 Å². The summed E-state index contributed by atoms with van der Waals surface area (Å²) in [5.74, 6) is 0.218. The molecule has 0 aliphatic rings. The quantitative estimate of drug-likeness (QED) is 0.924. The van der Waals surface area contributed by atoms with E-state index in [0.29, 0.717) is 12.2 Å². The summed E-state index contributed by atoms with van der Waals surface area (Å²) >= 11 is 5.68. The highest BCUT2D eigenvalue weighted by Gasteiger charge is 2.05. The Labute approximate surface area is 110 Å². The first-order valence-electron chi connectivity index (χ1n) is 5.46. The number of rotatable bonds is 3. The Morgan fingerprint density at radius 2 is 2.00 bits per heavy atom. The Balaban J connectivity index is 1.98. The maximum atomic E-state index is 11.8. The van der Waals surface area contributed by atoms with Crippen LogP contribution in [-0.2, 0) is 11.2 Å². The van der Waals surface area contributed by atoms with Crippen LogP contribution in [0, 0.1) is 6.92 Å². The molecule has 1 aromatic heterocycles. The van der Waals surface area contributed by atoms with Crippen LogP contribution in [0.1, 0.15) is 11.1 Å². The van der Waals surface area contributed by atoms with Crippen LogP contribution in [0.25, 0.3) is 0 Å². The molecule has 0 spiro atoms. The zero-order valence-electron chi connectivity index (χ0n) is 9.85. The third-order valence-corrected chi connectivity index (χ3v) is 2.54. The van der Waals surface area contributed by atoms with Crippen molar-refractivity contribution in [3.63, 3.8) is 0 Å². The molecule has 1 amide bonds. The number of halogens is 1. The number of benzene rings is 1. The lowest BCUT2D eigenvalue weighted by atomic mass is 10.1. The largest absolute Gasteiger partial charge is 0.309 e. The van der Waals surface area contributed by atoms with Crippen LogP contribution in [0.4, 0.5) is 5.82 Å². The zero-order chi connectivity index (χ0) is 13.0. The van der Waals surface area contributed by atoms with Gasteiger partial charge >= 0.3 is 0 Å². The molecule has 4 nitrogen and oxygen atoms in total. The average molecular weight is 262 g/mol. The van der Waals surface area contributed by atoms with Gasteiger partial charge < -0.3 is 5.32 Å². The Kier molecular flexibility index (Phi) is 3.89. The van der Waals surface area contributed by atoms with E-state index in [9.17, 15) is 4.79 Å². The Hall–Kier alpha value is -1.94. The Bertz CT molecular complexity index is 554. The monoisotopic (exact) mass is 261 g/mol. The molecule has 0 unspecified atom stereocenters. The van der Waals surface area contributed by atoms with Gasteiger partial charge in [0, 0.05) is 0 Å². The molecule has 1 N–H and O–H groups in total. The van der Waals surface area contributed by atoms with Gasteiger partial charge in [0.1, 0.15) is 5.15 Å². The van der Waals surface area contributed by atoms with E-state index in [-0.39, 0.29) is 11.1 Å². The van der Waals surface area contributed by atoms with Crippen molar-refractivity contribution in [1.29, 1.82) is 0 Å². The van der Waals surface area contributed by atoms with E-state index in [1.807, 2.05) is 31.2 Å². The SMILES string of the molecule is Cc1ccc(CC(=O)Nc2cncc(Cl)n2)cc1. The number of nitrogens with one attached hydrogen (secondary N) is 1. The van der Waals surface area contributed by atoms with Crippen molar-refractivity contribution in [2.45, 2.75) is 13.3 Å². The van der Waals surface area contributed by atoms with Gasteiger partial charge in [-0.25, -0.2) is 4.98 Å². The molecule has 0 saturated heterocycles. The summed E-state index contributed by atoms with van der Waals surface area (Å²) in [6, 6.07) is 7.81. The van der Waals surface area contributed by atoms with Gasteiger partial charge in [-0.05, 0) is 12.5 Å². The minimum Gasteiger partial charge on any atom is -0.309 e. The highest BCUT2D eigenvalue weighted by Crippen LogP contribution is 2.08. The third kappa shape index (κ3) is 3.53. The molecule has 0 aliphatic heterocycles. The van der Waals surface area contributed by atoms with E-state index in [1.165, 1.54) is 18.0 Å². The average Bonchev–Trinajstić information content (AvgIpc) is 2.32. The normalized spacial score (nSPS) is 10.1. The van der Waals surface area contributed by atoms with Crippen molar-refractivity contribution < 1.29 is 4.79 Å². The third-order valence-electron chi connectivity index (χ3n) is 2.36. The number of aromatic nitrogens is 2. The van der Waals surface area contributed by atoms with Crippen LogP contribution in [0.2, 0.25) is 5.15 Å². The first kappa shape index (κ1) is 12.5. The number of amides is 1. The van der Waals surface area contributed by atoms with Crippen LogP contribution in [0.15, 0.2) is 36.7 Å². The van der Waals surface area contributed by atoms with Gasteiger partial charge in [0.05, 0.1) is 18.8 Å². The Morgan fingerprint density at radius 3 is 2.67 bits per heavy atom. The summed E-state index contributed by atoms with van der Waals surface area (Å²) in [5, 5.41) is 2.90. The summed E-state index contributed by atoms with van der Waals surface area (Å²) < 4.78 is 0. The number of aryl methyl sites for hydroxylation is 1. The fourth-order valence-corrected chi connectivity index (χ4v) is 1.63. The van der Waals surface area contributed by atoms with Crippen molar-refractivity contribution in [1.82, 2.24) is 9.97 Å². The maximum absolute atomic E-state index is 11.8. The number of hydrogen-bond donors (Lipinski definition) is 1. The van der Waals surface area contributed by atoms with Gasteiger partial charge in [0.15, 0.2) is 5.82 Å². The molecule has 0 radical (unpaired) electrons. The molecule has 0 aliphatic carbocycles. The standard InChI is InChI=1S/C13H12ClN3O/c1-9-2-4-10(5-3-9)6-13(18)17-12-8-15-7-11(14)16-12/h2-5,7-8H,6H2,1H3,(H,16,17,18). The summed E-state index contributed by atoms with van der Waals surface area (Å²) in [7, 11) is 0. The van der Waals surface area contributed by atoms with Crippen molar-refractivity contribution in [3.05, 3.63) is 52.9 Å². The minimum absolute atomic E-state index is 0.143. The van der Waals surface area contributed by atoms with Crippen LogP contribution in [0.3, 0.4) is 0 Å². The van der Waals surface area contributed by atoms with Gasteiger partial charge in [0.2, 0.25) is 5.91 Å².